The molecule has 0 saturated heterocycles. The molecule has 0 atom stereocenters. The fourth-order valence-electron chi connectivity index (χ4n) is 2.50. The van der Waals surface area contributed by atoms with Crippen molar-refractivity contribution >= 4 is 17.0 Å². The van der Waals surface area contributed by atoms with E-state index in [1.807, 2.05) is 0 Å². The fourth-order valence-corrected chi connectivity index (χ4v) is 16.8. The molecule has 0 amide bonds. The second-order valence-corrected chi connectivity index (χ2v) is 28.6. The molecule has 0 radical (unpaired) electrons. The average Bonchev–Trinajstić information content (AvgIpc) is 2.12. The molecule has 0 aromatic carbocycles. The Kier molecular flexibility index (Phi) is 4.46. The van der Waals surface area contributed by atoms with Gasteiger partial charge in [-0.05, 0) is 0 Å². The molecule has 0 bridgehead atoms. The van der Waals surface area contributed by atoms with Gasteiger partial charge in [0.15, 0.2) is 0 Å². The molecule has 0 aromatic rings. The van der Waals surface area contributed by atoms with Crippen LogP contribution in [0.1, 0.15) is 34.6 Å². The molecule has 1 heteroatoms. The Bertz CT molecular complexity index is 77.2. The molecule has 11 heavy (non-hydrogen) atoms. The van der Waals surface area contributed by atoms with Crippen molar-refractivity contribution in [2.75, 3.05) is 0 Å². The van der Waals surface area contributed by atoms with Crippen LogP contribution in [0.3, 0.4) is 0 Å². The van der Waals surface area contributed by atoms with Crippen molar-refractivity contribution in [3.05, 3.63) is 0 Å². The predicted octanol–water partition coefficient (Wildman–Crippen LogP) is 4.49. The van der Waals surface area contributed by atoms with Gasteiger partial charge in [0.2, 0.25) is 0 Å². The van der Waals surface area contributed by atoms with Crippen LogP contribution in [0.4, 0.5) is 0 Å². The van der Waals surface area contributed by atoms with Crippen molar-refractivity contribution in [3.63, 3.8) is 0 Å². The van der Waals surface area contributed by atoms with Gasteiger partial charge in [-0.15, -0.1) is 0 Å². The third-order valence-corrected chi connectivity index (χ3v) is 33.5. The van der Waals surface area contributed by atoms with Crippen LogP contribution in [0, 0.1) is 0 Å². The van der Waals surface area contributed by atoms with Gasteiger partial charge in [0, 0.05) is 0 Å². The van der Waals surface area contributed by atoms with E-state index in [-0.39, 0.29) is 0 Å². The summed E-state index contributed by atoms with van der Waals surface area (Å²) in [7, 11) is 0. The van der Waals surface area contributed by atoms with Gasteiger partial charge in [0.25, 0.3) is 0 Å². The van der Waals surface area contributed by atoms with Crippen molar-refractivity contribution < 1.29 is 0 Å². The standard InChI is InChI=1S/5C2H5.Sn/c5*1-2;/h5*1H2,2H3;/q;;;;;-1. The first kappa shape index (κ1) is 11.8. The van der Waals surface area contributed by atoms with E-state index in [1.54, 1.807) is 22.2 Å². The first-order chi connectivity index (χ1) is 5.12. The van der Waals surface area contributed by atoms with E-state index < -0.39 is 17.0 Å². The summed E-state index contributed by atoms with van der Waals surface area (Å²) in [6.07, 6.45) is 0. The zero-order valence-corrected chi connectivity index (χ0v) is 11.9. The van der Waals surface area contributed by atoms with Gasteiger partial charge in [-0.2, -0.15) is 0 Å². The van der Waals surface area contributed by atoms with Crippen LogP contribution >= 0.6 is 0 Å². The first-order valence-corrected chi connectivity index (χ1v) is 15.4. The second-order valence-electron chi connectivity index (χ2n) is 4.27. The molecule has 0 aromatic heterocycles. The van der Waals surface area contributed by atoms with Crippen molar-refractivity contribution in [3.8, 4) is 0 Å². The van der Waals surface area contributed by atoms with Gasteiger partial charge in [-0.3, -0.25) is 0 Å². The van der Waals surface area contributed by atoms with E-state index in [2.05, 4.69) is 34.6 Å². The van der Waals surface area contributed by atoms with E-state index in [0.717, 1.165) is 0 Å². The Morgan fingerprint density at radius 2 is 0.727 bits per heavy atom. The molecule has 0 aliphatic carbocycles. The van der Waals surface area contributed by atoms with Crippen LogP contribution in [0.25, 0.3) is 0 Å². The average molecular weight is 264 g/mol. The predicted molar refractivity (Wildman–Crippen MR) is 58.2 cm³/mol. The summed E-state index contributed by atoms with van der Waals surface area (Å²) in [5, 5.41) is 0. The van der Waals surface area contributed by atoms with Gasteiger partial charge in [0.1, 0.15) is 0 Å². The van der Waals surface area contributed by atoms with Crippen molar-refractivity contribution in [1.29, 1.82) is 0 Å². The molecular formula is C10H25Sn-. The minimum absolute atomic E-state index is 1.54. The number of rotatable bonds is 5. The molecule has 0 heterocycles. The third-order valence-electron chi connectivity index (χ3n) is 5.00. The van der Waals surface area contributed by atoms with Gasteiger partial charge in [0.05, 0.1) is 0 Å². The zero-order chi connectivity index (χ0) is 8.98. The normalized spacial score (nSPS) is 15.9. The topological polar surface area (TPSA) is 0 Å². The van der Waals surface area contributed by atoms with Crippen LogP contribution in [-0.4, -0.2) is 17.0 Å². The van der Waals surface area contributed by atoms with Gasteiger partial charge >= 0.3 is 73.8 Å². The molecule has 0 saturated carbocycles. The van der Waals surface area contributed by atoms with E-state index in [1.165, 1.54) is 0 Å². The summed E-state index contributed by atoms with van der Waals surface area (Å²) in [6.45, 7) is 12.2. The van der Waals surface area contributed by atoms with Gasteiger partial charge in [-0.1, -0.05) is 0 Å². The van der Waals surface area contributed by atoms with Crippen molar-refractivity contribution in [2.45, 2.75) is 56.8 Å². The molecule has 0 aliphatic heterocycles. The monoisotopic (exact) mass is 265 g/mol. The summed E-state index contributed by atoms with van der Waals surface area (Å²) < 4.78 is 7.72. The first-order valence-electron chi connectivity index (χ1n) is 5.30. The van der Waals surface area contributed by atoms with Crippen LogP contribution < -0.4 is 0 Å². The second kappa shape index (κ2) is 4.15. The molecule has 0 unspecified atom stereocenters. The molecule has 0 fully saturated rings. The van der Waals surface area contributed by atoms with Crippen LogP contribution in [0.15, 0.2) is 0 Å². The summed E-state index contributed by atoms with van der Waals surface area (Å²) in [6, 6.07) is 0. The summed E-state index contributed by atoms with van der Waals surface area (Å²) in [4.78, 5) is 0. The molecule has 0 spiro atoms. The number of hydrogen-bond acceptors (Lipinski definition) is 0. The molecule has 0 aliphatic rings. The Morgan fingerprint density at radius 1 is 0.545 bits per heavy atom. The molecule has 0 rings (SSSR count). The Morgan fingerprint density at radius 3 is 0.727 bits per heavy atom. The van der Waals surface area contributed by atoms with Crippen LogP contribution in [0.2, 0.25) is 22.2 Å². The Labute approximate surface area is 73.8 Å². The van der Waals surface area contributed by atoms with Crippen molar-refractivity contribution in [1.82, 2.24) is 0 Å². The van der Waals surface area contributed by atoms with Gasteiger partial charge in [-0.25, -0.2) is 0 Å². The van der Waals surface area contributed by atoms with Crippen LogP contribution in [-0.2, 0) is 0 Å². The summed E-state index contributed by atoms with van der Waals surface area (Å²) in [5.41, 5.74) is 0. The summed E-state index contributed by atoms with van der Waals surface area (Å²) in [5.74, 6) is 0. The fraction of sp³-hybridized carbons (Fsp3) is 1.00. The SMILES string of the molecule is C[CH2][Sn-]([CH2]C)([CH2]C)([CH2]C)[CH2]C. The van der Waals surface area contributed by atoms with E-state index in [0.29, 0.717) is 0 Å². The molecular weight excluding hydrogens is 239 g/mol. The molecule has 70 valence electrons. The molecule has 0 N–H and O–H groups in total. The molecule has 0 nitrogen and oxygen atoms in total. The zero-order valence-electron chi connectivity index (χ0n) is 9.04. The quantitative estimate of drug-likeness (QED) is 0.642. The maximum absolute atomic E-state index is 2.44. The van der Waals surface area contributed by atoms with Crippen molar-refractivity contribution in [2.24, 2.45) is 0 Å². The van der Waals surface area contributed by atoms with E-state index in [4.69, 9.17) is 0 Å². The summed E-state index contributed by atoms with van der Waals surface area (Å²) >= 11 is -2.07. The van der Waals surface area contributed by atoms with Gasteiger partial charge < -0.3 is 0 Å². The Hall–Kier alpha value is 0.799. The third kappa shape index (κ3) is 1.93. The maximum atomic E-state index is 2.44. The van der Waals surface area contributed by atoms with Crippen LogP contribution in [0.5, 0.6) is 0 Å². The van der Waals surface area contributed by atoms with E-state index >= 15 is 0 Å². The number of hydrogen-bond donors (Lipinski definition) is 0. The van der Waals surface area contributed by atoms with E-state index in [9.17, 15) is 0 Å². The Balaban J connectivity index is 4.67. The minimum atomic E-state index is -2.07.